The second-order valence-electron chi connectivity index (χ2n) is 6.11. The van der Waals surface area contributed by atoms with E-state index in [1.54, 1.807) is 4.31 Å². The molecule has 0 aliphatic heterocycles. The second-order valence-corrected chi connectivity index (χ2v) is 8.24. The van der Waals surface area contributed by atoms with Gasteiger partial charge in [-0.15, -0.1) is 0 Å². The van der Waals surface area contributed by atoms with E-state index < -0.39 is 10.0 Å². The third-order valence-electron chi connectivity index (χ3n) is 5.01. The van der Waals surface area contributed by atoms with E-state index in [-0.39, 0.29) is 10.8 Å². The molecule has 0 aromatic rings. The van der Waals surface area contributed by atoms with Crippen LogP contribution in [-0.2, 0) is 10.0 Å². The normalized spacial score (nSPS) is 25.0. The van der Waals surface area contributed by atoms with E-state index in [9.17, 15) is 8.42 Å². The molecule has 0 spiro atoms. The molecule has 112 valence electrons. The maximum Gasteiger partial charge on any atom is 0.217 e. The fourth-order valence-electron chi connectivity index (χ4n) is 3.92. The van der Waals surface area contributed by atoms with Crippen LogP contribution in [0.2, 0.25) is 0 Å². The van der Waals surface area contributed by atoms with Gasteiger partial charge < -0.3 is 5.73 Å². The topological polar surface area (TPSA) is 63.4 Å². The van der Waals surface area contributed by atoms with Crippen LogP contribution in [-0.4, -0.2) is 36.6 Å². The van der Waals surface area contributed by atoms with Crippen molar-refractivity contribution in [3.05, 3.63) is 0 Å². The van der Waals surface area contributed by atoms with Gasteiger partial charge in [-0.05, 0) is 25.7 Å². The maximum absolute atomic E-state index is 12.9. The zero-order valence-electron chi connectivity index (χ0n) is 12.1. The molecule has 2 rings (SSSR count). The third-order valence-corrected chi connectivity index (χ3v) is 7.58. The Hall–Kier alpha value is -0.130. The molecule has 2 fully saturated rings. The molecule has 4 nitrogen and oxygen atoms in total. The van der Waals surface area contributed by atoms with Crippen molar-refractivity contribution < 1.29 is 8.42 Å². The summed E-state index contributed by atoms with van der Waals surface area (Å²) in [5, 5.41) is -0.162. The Morgan fingerprint density at radius 1 is 1.11 bits per heavy atom. The molecule has 0 saturated heterocycles. The molecule has 0 aromatic heterocycles. The van der Waals surface area contributed by atoms with Crippen molar-refractivity contribution in [1.82, 2.24) is 4.31 Å². The molecule has 2 aliphatic carbocycles. The summed E-state index contributed by atoms with van der Waals surface area (Å²) in [6, 6.07) is 0. The van der Waals surface area contributed by atoms with Gasteiger partial charge >= 0.3 is 0 Å². The first-order valence-corrected chi connectivity index (χ1v) is 9.29. The lowest BCUT2D eigenvalue weighted by Crippen LogP contribution is -2.56. The van der Waals surface area contributed by atoms with Crippen LogP contribution in [0.4, 0.5) is 0 Å². The predicted molar refractivity (Wildman–Crippen MR) is 78.4 cm³/mol. The van der Waals surface area contributed by atoms with Crippen molar-refractivity contribution in [3.8, 4) is 0 Å². The fourth-order valence-corrected chi connectivity index (χ4v) is 6.36. The van der Waals surface area contributed by atoms with E-state index in [1.165, 1.54) is 6.42 Å². The summed E-state index contributed by atoms with van der Waals surface area (Å²) in [6.07, 6.45) is 9.03. The minimum Gasteiger partial charge on any atom is -0.329 e. The van der Waals surface area contributed by atoms with Gasteiger partial charge in [0.25, 0.3) is 0 Å². The number of sulfonamides is 1. The van der Waals surface area contributed by atoms with Gasteiger partial charge in [0.2, 0.25) is 10.0 Å². The number of hydrogen-bond acceptors (Lipinski definition) is 3. The number of nitrogens with two attached hydrogens (primary N) is 1. The Labute approximate surface area is 117 Å². The van der Waals surface area contributed by atoms with Crippen LogP contribution in [0.15, 0.2) is 0 Å². The average Bonchev–Trinajstić information content (AvgIpc) is 2.90. The highest BCUT2D eigenvalue weighted by atomic mass is 32.2. The summed E-state index contributed by atoms with van der Waals surface area (Å²) in [7, 11) is -3.17. The SMILES string of the molecule is CCN(C1(CN)CCCC1)S(=O)(=O)C1CCCCC1. The number of hydrogen-bond donors (Lipinski definition) is 1. The molecule has 0 bridgehead atoms. The first kappa shape index (κ1) is 15.3. The third kappa shape index (κ3) is 2.83. The van der Waals surface area contributed by atoms with Crippen LogP contribution in [0, 0.1) is 0 Å². The van der Waals surface area contributed by atoms with Crippen molar-refractivity contribution in [2.45, 2.75) is 75.5 Å². The van der Waals surface area contributed by atoms with E-state index in [0.29, 0.717) is 13.1 Å². The standard InChI is InChI=1S/C14H28N2O2S/c1-2-16(14(12-15)10-6-7-11-14)19(17,18)13-8-4-3-5-9-13/h13H,2-12,15H2,1H3. The highest BCUT2D eigenvalue weighted by Gasteiger charge is 2.46. The minimum absolute atomic E-state index is 0.162. The lowest BCUT2D eigenvalue weighted by Gasteiger charge is -2.41. The largest absolute Gasteiger partial charge is 0.329 e. The molecular weight excluding hydrogens is 260 g/mol. The van der Waals surface area contributed by atoms with Crippen molar-refractivity contribution >= 4 is 10.0 Å². The highest BCUT2D eigenvalue weighted by Crippen LogP contribution is 2.38. The molecule has 2 aliphatic rings. The molecule has 0 unspecified atom stereocenters. The highest BCUT2D eigenvalue weighted by molar-refractivity contribution is 7.89. The van der Waals surface area contributed by atoms with E-state index >= 15 is 0 Å². The first-order valence-electron chi connectivity index (χ1n) is 7.78. The van der Waals surface area contributed by atoms with Crippen LogP contribution in [0.5, 0.6) is 0 Å². The Morgan fingerprint density at radius 2 is 1.68 bits per heavy atom. The number of rotatable bonds is 5. The summed E-state index contributed by atoms with van der Waals surface area (Å²) in [4.78, 5) is 0. The Balaban J connectivity index is 2.24. The molecule has 0 aromatic carbocycles. The first-order chi connectivity index (χ1) is 9.07. The summed E-state index contributed by atoms with van der Waals surface area (Å²) in [6.45, 7) is 2.99. The van der Waals surface area contributed by atoms with Gasteiger partial charge in [0.15, 0.2) is 0 Å². The van der Waals surface area contributed by atoms with E-state index in [1.807, 2.05) is 6.92 Å². The van der Waals surface area contributed by atoms with E-state index in [0.717, 1.165) is 51.4 Å². The molecule has 0 atom stereocenters. The smallest absolute Gasteiger partial charge is 0.217 e. The van der Waals surface area contributed by atoms with Gasteiger partial charge in [-0.2, -0.15) is 4.31 Å². The lowest BCUT2D eigenvalue weighted by atomic mass is 9.98. The summed E-state index contributed by atoms with van der Waals surface area (Å²) in [5.41, 5.74) is 5.68. The Morgan fingerprint density at radius 3 is 2.16 bits per heavy atom. The van der Waals surface area contributed by atoms with Crippen molar-refractivity contribution in [2.24, 2.45) is 5.73 Å². The molecule has 0 amide bonds. The Bertz CT molecular complexity index is 382. The summed E-state index contributed by atoms with van der Waals surface area (Å²) in [5.74, 6) is 0. The maximum atomic E-state index is 12.9. The van der Waals surface area contributed by atoms with Crippen LogP contribution >= 0.6 is 0 Å². The Kier molecular flexibility index (Phi) is 4.90. The molecule has 2 saturated carbocycles. The van der Waals surface area contributed by atoms with E-state index in [2.05, 4.69) is 0 Å². The van der Waals surface area contributed by atoms with Gasteiger partial charge in [-0.3, -0.25) is 0 Å². The van der Waals surface area contributed by atoms with Crippen molar-refractivity contribution in [1.29, 1.82) is 0 Å². The van der Waals surface area contributed by atoms with Crippen molar-refractivity contribution in [2.75, 3.05) is 13.1 Å². The summed E-state index contributed by atoms with van der Waals surface area (Å²) >= 11 is 0. The monoisotopic (exact) mass is 288 g/mol. The van der Waals surface area contributed by atoms with Gasteiger partial charge in [0, 0.05) is 18.6 Å². The zero-order chi connectivity index (χ0) is 13.9. The molecule has 5 heteroatoms. The number of likely N-dealkylation sites (N-methyl/N-ethyl adjacent to an activating group) is 1. The predicted octanol–water partition coefficient (Wildman–Crippen LogP) is 2.24. The molecule has 19 heavy (non-hydrogen) atoms. The molecule has 0 heterocycles. The van der Waals surface area contributed by atoms with Crippen molar-refractivity contribution in [3.63, 3.8) is 0 Å². The summed E-state index contributed by atoms with van der Waals surface area (Å²) < 4.78 is 27.6. The number of nitrogens with zero attached hydrogens (tertiary/aromatic N) is 1. The van der Waals surface area contributed by atoms with Gasteiger partial charge in [-0.1, -0.05) is 39.0 Å². The quantitative estimate of drug-likeness (QED) is 0.844. The average molecular weight is 288 g/mol. The van der Waals surface area contributed by atoms with Crippen LogP contribution in [0.1, 0.15) is 64.7 Å². The molecule has 2 N–H and O–H groups in total. The fraction of sp³-hybridized carbons (Fsp3) is 1.00. The van der Waals surface area contributed by atoms with Gasteiger partial charge in [-0.25, -0.2) is 8.42 Å². The van der Waals surface area contributed by atoms with Crippen LogP contribution in [0.25, 0.3) is 0 Å². The van der Waals surface area contributed by atoms with E-state index in [4.69, 9.17) is 5.73 Å². The van der Waals surface area contributed by atoms with Gasteiger partial charge in [0.05, 0.1) is 5.25 Å². The molecular formula is C14H28N2O2S. The van der Waals surface area contributed by atoms with Crippen LogP contribution < -0.4 is 5.73 Å². The molecule has 0 radical (unpaired) electrons. The van der Waals surface area contributed by atoms with Crippen LogP contribution in [0.3, 0.4) is 0 Å². The lowest BCUT2D eigenvalue weighted by molar-refractivity contribution is 0.201. The minimum atomic E-state index is -3.17. The second kappa shape index (κ2) is 6.10. The van der Waals surface area contributed by atoms with Gasteiger partial charge in [0.1, 0.15) is 0 Å². The zero-order valence-corrected chi connectivity index (χ0v) is 12.9.